The lowest BCUT2D eigenvalue weighted by molar-refractivity contribution is -0.141. The second kappa shape index (κ2) is 7.21. The molecule has 1 heterocycles. The van der Waals surface area contributed by atoms with Gasteiger partial charge in [-0.1, -0.05) is 6.07 Å². The predicted molar refractivity (Wildman–Crippen MR) is 90.9 cm³/mol. The van der Waals surface area contributed by atoms with Crippen molar-refractivity contribution in [3.8, 4) is 11.5 Å². The van der Waals surface area contributed by atoms with Crippen LogP contribution in [0.15, 0.2) is 18.2 Å². The van der Waals surface area contributed by atoms with Crippen LogP contribution in [-0.2, 0) is 4.79 Å². The van der Waals surface area contributed by atoms with E-state index in [0.717, 1.165) is 31.2 Å². The Hall–Kier alpha value is -2.44. The van der Waals surface area contributed by atoms with Gasteiger partial charge in [0.15, 0.2) is 11.5 Å². The van der Waals surface area contributed by atoms with Gasteiger partial charge in [0, 0.05) is 19.0 Å². The van der Waals surface area contributed by atoms with Crippen molar-refractivity contribution in [3.63, 3.8) is 0 Å². The Morgan fingerprint density at radius 2 is 1.92 bits per heavy atom. The minimum Gasteiger partial charge on any atom is -0.493 e. The van der Waals surface area contributed by atoms with Crippen molar-refractivity contribution in [1.29, 1.82) is 0 Å². The standard InChI is InChI=1S/C18H24N2O5/c1-24-15-7-6-11(8-16(15)25-12-4-2-3-5-12)13-9-20(18(19)23)10-14(13)17(21)22/h6-8,12-14H,2-5,9-10H2,1H3,(H2,19,23)(H,21,22). The number of carbonyl (C=O) groups is 2. The highest BCUT2D eigenvalue weighted by atomic mass is 16.5. The molecule has 1 saturated carbocycles. The minimum atomic E-state index is -0.928. The van der Waals surface area contributed by atoms with Crippen molar-refractivity contribution in [2.75, 3.05) is 20.2 Å². The molecule has 25 heavy (non-hydrogen) atoms. The Labute approximate surface area is 146 Å². The van der Waals surface area contributed by atoms with E-state index in [4.69, 9.17) is 15.2 Å². The Morgan fingerprint density at radius 1 is 1.20 bits per heavy atom. The molecule has 1 aliphatic carbocycles. The summed E-state index contributed by atoms with van der Waals surface area (Å²) in [6.07, 6.45) is 4.52. The van der Waals surface area contributed by atoms with E-state index >= 15 is 0 Å². The van der Waals surface area contributed by atoms with Crippen LogP contribution in [0, 0.1) is 5.92 Å². The van der Waals surface area contributed by atoms with Crippen molar-refractivity contribution in [1.82, 2.24) is 4.90 Å². The Balaban J connectivity index is 1.87. The van der Waals surface area contributed by atoms with E-state index in [-0.39, 0.29) is 18.6 Å². The fourth-order valence-electron chi connectivity index (χ4n) is 3.77. The summed E-state index contributed by atoms with van der Waals surface area (Å²) in [5.41, 5.74) is 6.16. The molecular weight excluding hydrogens is 324 g/mol. The average Bonchev–Trinajstić information content (AvgIpc) is 3.24. The number of carbonyl (C=O) groups excluding carboxylic acids is 1. The number of hydrogen-bond donors (Lipinski definition) is 2. The monoisotopic (exact) mass is 348 g/mol. The smallest absolute Gasteiger partial charge is 0.314 e. The number of carboxylic acids is 1. The molecule has 2 unspecified atom stereocenters. The van der Waals surface area contributed by atoms with Crippen LogP contribution in [0.1, 0.15) is 37.2 Å². The number of primary amides is 1. The van der Waals surface area contributed by atoms with E-state index in [1.165, 1.54) is 4.90 Å². The van der Waals surface area contributed by atoms with Crippen LogP contribution >= 0.6 is 0 Å². The zero-order valence-electron chi connectivity index (χ0n) is 14.3. The van der Waals surface area contributed by atoms with Crippen LogP contribution in [0.3, 0.4) is 0 Å². The zero-order chi connectivity index (χ0) is 18.0. The molecule has 2 amide bonds. The third kappa shape index (κ3) is 3.65. The molecule has 0 bridgehead atoms. The largest absolute Gasteiger partial charge is 0.493 e. The molecule has 7 heteroatoms. The van der Waals surface area contributed by atoms with Crippen molar-refractivity contribution in [3.05, 3.63) is 23.8 Å². The van der Waals surface area contributed by atoms with E-state index in [9.17, 15) is 14.7 Å². The Bertz CT molecular complexity index is 657. The maximum atomic E-state index is 11.6. The van der Waals surface area contributed by atoms with Crippen LogP contribution in [0.4, 0.5) is 4.79 Å². The number of aliphatic carboxylic acids is 1. The number of methoxy groups -OCH3 is 1. The molecule has 1 aromatic rings. The van der Waals surface area contributed by atoms with E-state index < -0.39 is 17.9 Å². The molecule has 3 N–H and O–H groups in total. The van der Waals surface area contributed by atoms with Gasteiger partial charge in [-0.05, 0) is 43.4 Å². The molecule has 7 nitrogen and oxygen atoms in total. The van der Waals surface area contributed by atoms with Gasteiger partial charge in [-0.25, -0.2) is 4.79 Å². The van der Waals surface area contributed by atoms with Crippen molar-refractivity contribution in [2.45, 2.75) is 37.7 Å². The van der Waals surface area contributed by atoms with E-state index in [0.29, 0.717) is 18.0 Å². The van der Waals surface area contributed by atoms with Crippen LogP contribution in [-0.4, -0.2) is 48.3 Å². The van der Waals surface area contributed by atoms with Crippen molar-refractivity contribution < 1.29 is 24.2 Å². The summed E-state index contributed by atoms with van der Waals surface area (Å²) < 4.78 is 11.5. The summed E-state index contributed by atoms with van der Waals surface area (Å²) in [5, 5.41) is 9.51. The number of ether oxygens (including phenoxy) is 2. The van der Waals surface area contributed by atoms with E-state index in [1.54, 1.807) is 13.2 Å². The molecule has 1 saturated heterocycles. The number of benzene rings is 1. The third-order valence-electron chi connectivity index (χ3n) is 5.16. The molecule has 136 valence electrons. The fourth-order valence-corrected chi connectivity index (χ4v) is 3.77. The highest BCUT2D eigenvalue weighted by Gasteiger charge is 2.40. The number of urea groups is 1. The summed E-state index contributed by atoms with van der Waals surface area (Å²) in [5.74, 6) is -0.661. The number of hydrogen-bond acceptors (Lipinski definition) is 4. The van der Waals surface area contributed by atoms with E-state index in [2.05, 4.69) is 0 Å². The average molecular weight is 348 g/mol. The van der Waals surface area contributed by atoms with Crippen LogP contribution < -0.4 is 15.2 Å². The summed E-state index contributed by atoms with van der Waals surface area (Å²) >= 11 is 0. The molecule has 1 aromatic carbocycles. The molecule has 2 atom stereocenters. The predicted octanol–water partition coefficient (Wildman–Crippen LogP) is 2.20. The summed E-state index contributed by atoms with van der Waals surface area (Å²) in [6.45, 7) is 0.418. The summed E-state index contributed by atoms with van der Waals surface area (Å²) in [4.78, 5) is 24.4. The Morgan fingerprint density at radius 3 is 2.52 bits per heavy atom. The van der Waals surface area contributed by atoms with Crippen molar-refractivity contribution >= 4 is 12.0 Å². The van der Waals surface area contributed by atoms with Crippen LogP contribution in [0.25, 0.3) is 0 Å². The number of nitrogens with two attached hydrogens (primary N) is 1. The van der Waals surface area contributed by atoms with Crippen molar-refractivity contribution in [2.24, 2.45) is 11.7 Å². The van der Waals surface area contributed by atoms with Gasteiger partial charge in [-0.3, -0.25) is 4.79 Å². The van der Waals surface area contributed by atoms with Gasteiger partial charge < -0.3 is 25.2 Å². The highest BCUT2D eigenvalue weighted by molar-refractivity contribution is 5.77. The number of carboxylic acid groups (broad SMARTS) is 1. The number of rotatable bonds is 5. The molecular formula is C18H24N2O5. The van der Waals surface area contributed by atoms with Gasteiger partial charge in [0.25, 0.3) is 0 Å². The van der Waals surface area contributed by atoms with Gasteiger partial charge >= 0.3 is 12.0 Å². The number of nitrogens with zero attached hydrogens (tertiary/aromatic N) is 1. The molecule has 2 aliphatic rings. The quantitative estimate of drug-likeness (QED) is 0.849. The second-order valence-electron chi connectivity index (χ2n) is 6.73. The number of likely N-dealkylation sites (tertiary alicyclic amines) is 1. The van der Waals surface area contributed by atoms with Gasteiger partial charge in [0.1, 0.15) is 0 Å². The lowest BCUT2D eigenvalue weighted by Gasteiger charge is -2.20. The second-order valence-corrected chi connectivity index (χ2v) is 6.73. The fraction of sp³-hybridized carbons (Fsp3) is 0.556. The maximum absolute atomic E-state index is 11.6. The first kappa shape index (κ1) is 17.4. The normalized spacial score (nSPS) is 23.6. The van der Waals surface area contributed by atoms with Gasteiger partial charge in [0.05, 0.1) is 19.1 Å². The van der Waals surface area contributed by atoms with Crippen LogP contribution in [0.5, 0.6) is 11.5 Å². The molecule has 1 aliphatic heterocycles. The molecule has 3 rings (SSSR count). The highest BCUT2D eigenvalue weighted by Crippen LogP contribution is 2.38. The minimum absolute atomic E-state index is 0.125. The van der Waals surface area contributed by atoms with Gasteiger partial charge in [-0.15, -0.1) is 0 Å². The Kier molecular flexibility index (Phi) is 5.01. The maximum Gasteiger partial charge on any atom is 0.314 e. The molecule has 0 spiro atoms. The first-order chi connectivity index (χ1) is 12.0. The third-order valence-corrected chi connectivity index (χ3v) is 5.16. The molecule has 0 radical (unpaired) electrons. The topological polar surface area (TPSA) is 102 Å². The summed E-state index contributed by atoms with van der Waals surface area (Å²) in [6, 6.07) is 4.89. The molecule has 2 fully saturated rings. The van der Waals surface area contributed by atoms with E-state index in [1.807, 2.05) is 12.1 Å². The van der Waals surface area contributed by atoms with Crippen LogP contribution in [0.2, 0.25) is 0 Å². The van der Waals surface area contributed by atoms with Gasteiger partial charge in [-0.2, -0.15) is 0 Å². The lowest BCUT2D eigenvalue weighted by atomic mass is 9.89. The van der Waals surface area contributed by atoms with Gasteiger partial charge in [0.2, 0.25) is 0 Å². The number of amides is 2. The first-order valence-corrected chi connectivity index (χ1v) is 8.61. The first-order valence-electron chi connectivity index (χ1n) is 8.61. The molecule has 0 aromatic heterocycles. The summed E-state index contributed by atoms with van der Waals surface area (Å²) in [7, 11) is 1.58. The lowest BCUT2D eigenvalue weighted by Crippen LogP contribution is -2.34. The SMILES string of the molecule is COc1ccc(C2CN(C(N)=O)CC2C(=O)O)cc1OC1CCCC1. The zero-order valence-corrected chi connectivity index (χ0v) is 14.3.